The van der Waals surface area contributed by atoms with Crippen LogP contribution in [0.15, 0.2) is 17.5 Å². The van der Waals surface area contributed by atoms with Crippen molar-refractivity contribution in [2.45, 2.75) is 65.5 Å². The van der Waals surface area contributed by atoms with E-state index < -0.39 is 0 Å². The van der Waals surface area contributed by atoms with Crippen LogP contribution < -0.4 is 16.0 Å². The van der Waals surface area contributed by atoms with E-state index in [4.69, 9.17) is 0 Å². The summed E-state index contributed by atoms with van der Waals surface area (Å²) in [7, 11) is 0. The van der Waals surface area contributed by atoms with E-state index in [0.29, 0.717) is 5.92 Å². The number of thiophene rings is 1. The second-order valence-corrected chi connectivity index (χ2v) is 9.06. The molecule has 1 saturated carbocycles. The molecule has 0 aromatic carbocycles. The smallest absolute Gasteiger partial charge is 0.321 e. The molecule has 0 radical (unpaired) electrons. The van der Waals surface area contributed by atoms with E-state index in [1.807, 2.05) is 11.4 Å². The number of rotatable bonds is 5. The fraction of sp³-hybridized carbons (Fsp3) is 0.684. The Morgan fingerprint density at radius 1 is 1.28 bits per heavy atom. The van der Waals surface area contributed by atoms with Crippen LogP contribution in [0.1, 0.15) is 64.3 Å². The molecule has 1 aromatic heterocycles. The molecule has 1 aliphatic carbocycles. The van der Waals surface area contributed by atoms with Crippen molar-refractivity contribution in [3.63, 3.8) is 0 Å². The summed E-state index contributed by atoms with van der Waals surface area (Å²) in [6.45, 7) is 8.69. The van der Waals surface area contributed by atoms with Crippen LogP contribution in [0.4, 0.5) is 4.79 Å². The maximum atomic E-state index is 12.1. The van der Waals surface area contributed by atoms with Crippen molar-refractivity contribution in [1.29, 1.82) is 0 Å². The highest BCUT2D eigenvalue weighted by molar-refractivity contribution is 7.10. The molecular formula is C19H31N3O2S. The summed E-state index contributed by atoms with van der Waals surface area (Å²) < 4.78 is 0. The van der Waals surface area contributed by atoms with Crippen LogP contribution in [0.5, 0.6) is 0 Å². The second-order valence-electron chi connectivity index (χ2n) is 8.09. The van der Waals surface area contributed by atoms with Crippen LogP contribution in [-0.2, 0) is 4.79 Å². The van der Waals surface area contributed by atoms with E-state index in [1.165, 1.54) is 11.3 Å². The molecular weight excluding hydrogens is 334 g/mol. The molecule has 3 atom stereocenters. The lowest BCUT2D eigenvalue weighted by atomic mass is 9.86. The van der Waals surface area contributed by atoms with Crippen LogP contribution >= 0.6 is 11.3 Å². The van der Waals surface area contributed by atoms with E-state index in [2.05, 4.69) is 49.7 Å². The zero-order valence-electron chi connectivity index (χ0n) is 15.7. The predicted octanol–water partition coefficient (Wildman–Crippen LogP) is 3.83. The second kappa shape index (κ2) is 8.81. The minimum absolute atomic E-state index is 0.0229. The van der Waals surface area contributed by atoms with Crippen LogP contribution in [-0.4, -0.2) is 24.5 Å². The van der Waals surface area contributed by atoms with Crippen molar-refractivity contribution >= 4 is 23.3 Å². The number of carbonyl (C=O) groups excluding carboxylic acids is 2. The Morgan fingerprint density at radius 2 is 2.00 bits per heavy atom. The first-order valence-corrected chi connectivity index (χ1v) is 10.0. The first kappa shape index (κ1) is 19.9. The number of nitrogens with one attached hydrogen (secondary N) is 3. The minimum Gasteiger partial charge on any atom is -0.335 e. The van der Waals surface area contributed by atoms with Gasteiger partial charge in [-0.3, -0.25) is 10.1 Å². The highest BCUT2D eigenvalue weighted by Gasteiger charge is 2.28. The lowest BCUT2D eigenvalue weighted by molar-refractivity contribution is -0.119. The summed E-state index contributed by atoms with van der Waals surface area (Å²) in [5.41, 5.74) is -0.0229. The molecule has 2 rings (SSSR count). The van der Waals surface area contributed by atoms with Crippen molar-refractivity contribution in [1.82, 2.24) is 16.0 Å². The number of hydrogen-bond donors (Lipinski definition) is 3. The molecule has 1 fully saturated rings. The van der Waals surface area contributed by atoms with Gasteiger partial charge in [0.05, 0.1) is 6.54 Å². The zero-order chi connectivity index (χ0) is 18.4. The lowest BCUT2D eigenvalue weighted by Crippen LogP contribution is -2.50. The van der Waals surface area contributed by atoms with Crippen molar-refractivity contribution in [2.24, 2.45) is 11.3 Å². The topological polar surface area (TPSA) is 70.2 Å². The fourth-order valence-corrected chi connectivity index (χ4v) is 4.43. The van der Waals surface area contributed by atoms with Gasteiger partial charge in [0.2, 0.25) is 5.91 Å². The number of carbonyl (C=O) groups is 2. The first-order chi connectivity index (χ1) is 11.8. The van der Waals surface area contributed by atoms with Gasteiger partial charge in [-0.05, 0) is 35.6 Å². The summed E-state index contributed by atoms with van der Waals surface area (Å²) in [6.07, 6.45) is 4.49. The molecule has 0 aliphatic heterocycles. The number of hydrogen-bond acceptors (Lipinski definition) is 4. The molecule has 3 N–H and O–H groups in total. The molecule has 25 heavy (non-hydrogen) atoms. The minimum atomic E-state index is -0.381. The maximum Gasteiger partial charge on any atom is 0.321 e. The third-order valence-electron chi connectivity index (χ3n) is 4.84. The van der Waals surface area contributed by atoms with Gasteiger partial charge >= 0.3 is 6.03 Å². The van der Waals surface area contributed by atoms with Gasteiger partial charge in [0.1, 0.15) is 0 Å². The number of imide groups is 1. The Labute approximate surface area is 155 Å². The summed E-state index contributed by atoms with van der Waals surface area (Å²) >= 11 is 1.67. The summed E-state index contributed by atoms with van der Waals surface area (Å²) in [5, 5.41) is 10.7. The molecule has 3 amide bonds. The van der Waals surface area contributed by atoms with Crippen LogP contribution in [0.2, 0.25) is 0 Å². The average Bonchev–Trinajstić information content (AvgIpc) is 3.02. The van der Waals surface area contributed by atoms with E-state index in [0.717, 1.165) is 19.3 Å². The van der Waals surface area contributed by atoms with Crippen LogP contribution in [0.3, 0.4) is 0 Å². The molecule has 1 aliphatic rings. The monoisotopic (exact) mass is 365 g/mol. The van der Waals surface area contributed by atoms with Crippen molar-refractivity contribution in [3.05, 3.63) is 22.4 Å². The van der Waals surface area contributed by atoms with Gasteiger partial charge in [-0.15, -0.1) is 11.3 Å². The van der Waals surface area contributed by atoms with Gasteiger partial charge in [0, 0.05) is 17.0 Å². The Bertz CT molecular complexity index is 566. The molecule has 140 valence electrons. The van der Waals surface area contributed by atoms with E-state index >= 15 is 0 Å². The number of urea groups is 1. The molecule has 0 bridgehead atoms. The molecule has 1 heterocycles. The Morgan fingerprint density at radius 3 is 2.60 bits per heavy atom. The zero-order valence-corrected chi connectivity index (χ0v) is 16.5. The largest absolute Gasteiger partial charge is 0.335 e. The third-order valence-corrected chi connectivity index (χ3v) is 5.78. The molecule has 1 aromatic rings. The summed E-state index contributed by atoms with van der Waals surface area (Å²) in [5.74, 6) is 0.170. The summed E-state index contributed by atoms with van der Waals surface area (Å²) in [4.78, 5) is 25.4. The van der Waals surface area contributed by atoms with Crippen LogP contribution in [0, 0.1) is 11.3 Å². The predicted molar refractivity (Wildman–Crippen MR) is 103 cm³/mol. The first-order valence-electron chi connectivity index (χ1n) is 9.14. The van der Waals surface area contributed by atoms with Gasteiger partial charge in [-0.1, -0.05) is 46.6 Å². The highest BCUT2D eigenvalue weighted by Crippen LogP contribution is 2.34. The normalized spacial score (nSPS) is 22.2. The number of amides is 3. The molecule has 3 unspecified atom stereocenters. The van der Waals surface area contributed by atoms with E-state index in [1.54, 1.807) is 11.3 Å². The molecule has 5 nitrogen and oxygen atoms in total. The maximum absolute atomic E-state index is 12.1. The Balaban J connectivity index is 1.81. The van der Waals surface area contributed by atoms with Crippen LogP contribution in [0.25, 0.3) is 0 Å². The standard InChI is InChI=1S/C19H31N3O2S/c1-13-8-5-6-9-14(13)21-18(24)22-16(23)12-20-17(19(2,3)4)15-10-7-11-25-15/h7,10-11,13-14,17,20H,5-6,8-9,12H2,1-4H3,(H2,21,22,23,24). The van der Waals surface area contributed by atoms with Gasteiger partial charge in [-0.2, -0.15) is 0 Å². The quantitative estimate of drug-likeness (QED) is 0.743. The Kier molecular flexibility index (Phi) is 7.02. The Hall–Kier alpha value is -1.40. The van der Waals surface area contributed by atoms with Crippen molar-refractivity contribution < 1.29 is 9.59 Å². The SMILES string of the molecule is CC1CCCCC1NC(=O)NC(=O)CNC(c1cccs1)C(C)(C)C. The van der Waals surface area contributed by atoms with Crippen molar-refractivity contribution in [3.8, 4) is 0 Å². The van der Waals surface area contributed by atoms with Gasteiger partial charge in [0.15, 0.2) is 0 Å². The molecule has 6 heteroatoms. The molecule has 0 spiro atoms. The van der Waals surface area contributed by atoms with Gasteiger partial charge < -0.3 is 10.6 Å². The van der Waals surface area contributed by atoms with E-state index in [9.17, 15) is 9.59 Å². The molecule has 0 saturated heterocycles. The van der Waals surface area contributed by atoms with E-state index in [-0.39, 0.29) is 36.0 Å². The summed E-state index contributed by atoms with van der Waals surface area (Å²) in [6, 6.07) is 3.94. The lowest BCUT2D eigenvalue weighted by Gasteiger charge is -2.31. The fourth-order valence-electron chi connectivity index (χ4n) is 3.39. The third kappa shape index (κ3) is 6.12. The highest BCUT2D eigenvalue weighted by atomic mass is 32.1. The van der Waals surface area contributed by atoms with Gasteiger partial charge in [0.25, 0.3) is 0 Å². The van der Waals surface area contributed by atoms with Crippen molar-refractivity contribution in [2.75, 3.05) is 6.54 Å². The average molecular weight is 366 g/mol. The van der Waals surface area contributed by atoms with Gasteiger partial charge in [-0.25, -0.2) is 4.79 Å².